The standard InChI is InChI=1S/C54H34N4/c1-4-16-37(17-5-1)46-34-47(38-18-6-2-7-19-38)56-54(55-46)58-49-29-27-40(33-45(49)53-43-23-13-11-15-36(43)25-31-51(53)58)39-26-28-48-44(32-39)52-42-22-12-10-14-35(42)24-30-50(52)57(48)41-20-8-3-9-21-41/h1-34H. The van der Waals surface area contributed by atoms with Crippen molar-refractivity contribution in [1.82, 2.24) is 19.1 Å². The fourth-order valence-corrected chi connectivity index (χ4v) is 9.06. The van der Waals surface area contributed by atoms with Crippen molar-refractivity contribution >= 4 is 65.2 Å². The Morgan fingerprint density at radius 3 is 1.26 bits per heavy atom. The molecule has 0 fully saturated rings. The fourth-order valence-electron chi connectivity index (χ4n) is 9.06. The summed E-state index contributed by atoms with van der Waals surface area (Å²) in [5, 5.41) is 9.76. The van der Waals surface area contributed by atoms with E-state index in [-0.39, 0.29) is 0 Å². The molecule has 0 aliphatic carbocycles. The van der Waals surface area contributed by atoms with E-state index in [0.717, 1.165) is 50.2 Å². The van der Waals surface area contributed by atoms with Crippen molar-refractivity contribution in [2.75, 3.05) is 0 Å². The summed E-state index contributed by atoms with van der Waals surface area (Å²) in [5.74, 6) is 0.644. The molecule has 12 aromatic rings. The molecule has 0 bridgehead atoms. The molecule has 12 rings (SSSR count). The second-order valence-electron chi connectivity index (χ2n) is 15.0. The van der Waals surface area contributed by atoms with Gasteiger partial charge in [-0.15, -0.1) is 0 Å². The van der Waals surface area contributed by atoms with E-state index in [2.05, 4.69) is 203 Å². The minimum atomic E-state index is 0.644. The fraction of sp³-hybridized carbons (Fsp3) is 0. The Hall–Kier alpha value is -7.82. The summed E-state index contributed by atoms with van der Waals surface area (Å²) < 4.78 is 4.65. The quantitative estimate of drug-likeness (QED) is 0.176. The lowest BCUT2D eigenvalue weighted by Gasteiger charge is -2.12. The number of aromatic nitrogens is 4. The summed E-state index contributed by atoms with van der Waals surface area (Å²) >= 11 is 0. The molecule has 0 aliphatic heterocycles. The van der Waals surface area contributed by atoms with E-state index in [4.69, 9.17) is 9.97 Å². The van der Waals surface area contributed by atoms with Gasteiger partial charge in [0.2, 0.25) is 5.95 Å². The molecule has 0 saturated carbocycles. The van der Waals surface area contributed by atoms with Crippen LogP contribution in [0.3, 0.4) is 0 Å². The zero-order chi connectivity index (χ0) is 38.2. The highest BCUT2D eigenvalue weighted by molar-refractivity contribution is 6.23. The zero-order valence-electron chi connectivity index (χ0n) is 31.4. The number of rotatable bonds is 5. The molecule has 9 aromatic carbocycles. The first-order valence-corrected chi connectivity index (χ1v) is 19.7. The second-order valence-corrected chi connectivity index (χ2v) is 15.0. The van der Waals surface area contributed by atoms with E-state index in [1.807, 2.05) is 12.1 Å². The molecule has 0 aliphatic rings. The Morgan fingerprint density at radius 2 is 0.724 bits per heavy atom. The molecule has 0 N–H and O–H groups in total. The molecule has 4 nitrogen and oxygen atoms in total. The SMILES string of the molecule is c1ccc(-c2cc(-c3ccccc3)nc(-n3c4ccc(-c5ccc6c(c5)c5c7ccccc7ccc5n6-c5ccccc5)cc4c4c5ccccc5ccc43)n2)cc1. The lowest BCUT2D eigenvalue weighted by molar-refractivity contribution is 0.996. The number of hydrogen-bond donors (Lipinski definition) is 0. The van der Waals surface area contributed by atoms with Gasteiger partial charge in [0.15, 0.2) is 0 Å². The molecule has 3 heterocycles. The van der Waals surface area contributed by atoms with Crippen molar-refractivity contribution < 1.29 is 0 Å². The summed E-state index contributed by atoms with van der Waals surface area (Å²) in [6.45, 7) is 0. The van der Waals surface area contributed by atoms with Gasteiger partial charge in [0.25, 0.3) is 0 Å². The van der Waals surface area contributed by atoms with Gasteiger partial charge < -0.3 is 4.57 Å². The highest BCUT2D eigenvalue weighted by Gasteiger charge is 2.21. The maximum atomic E-state index is 5.30. The molecule has 3 aromatic heterocycles. The highest BCUT2D eigenvalue weighted by Crippen LogP contribution is 2.42. The van der Waals surface area contributed by atoms with E-state index in [9.17, 15) is 0 Å². The largest absolute Gasteiger partial charge is 0.309 e. The molecule has 270 valence electrons. The van der Waals surface area contributed by atoms with Crippen LogP contribution in [0.4, 0.5) is 0 Å². The van der Waals surface area contributed by atoms with Gasteiger partial charge in [-0.2, -0.15) is 0 Å². The van der Waals surface area contributed by atoms with Crippen LogP contribution in [-0.4, -0.2) is 19.1 Å². The minimum Gasteiger partial charge on any atom is -0.309 e. The lowest BCUT2D eigenvalue weighted by Crippen LogP contribution is -2.04. The Balaban J connectivity index is 1.12. The Labute approximate surface area is 334 Å². The Bertz CT molecular complexity index is 3490. The average Bonchev–Trinajstić information content (AvgIpc) is 3.82. The third-order valence-electron chi connectivity index (χ3n) is 11.7. The van der Waals surface area contributed by atoms with Gasteiger partial charge in [-0.1, -0.05) is 152 Å². The van der Waals surface area contributed by atoms with E-state index >= 15 is 0 Å². The molecule has 0 unspecified atom stereocenters. The van der Waals surface area contributed by atoms with Crippen LogP contribution in [0.2, 0.25) is 0 Å². The van der Waals surface area contributed by atoms with Crippen LogP contribution in [0.5, 0.6) is 0 Å². The van der Waals surface area contributed by atoms with Gasteiger partial charge in [0, 0.05) is 38.4 Å². The maximum absolute atomic E-state index is 5.30. The van der Waals surface area contributed by atoms with E-state index in [0.29, 0.717) is 5.95 Å². The number of hydrogen-bond acceptors (Lipinski definition) is 2. The van der Waals surface area contributed by atoms with E-state index in [1.165, 1.54) is 54.3 Å². The van der Waals surface area contributed by atoms with Gasteiger partial charge in [-0.3, -0.25) is 4.57 Å². The molecule has 4 heteroatoms. The van der Waals surface area contributed by atoms with Crippen molar-refractivity contribution in [2.45, 2.75) is 0 Å². The van der Waals surface area contributed by atoms with Crippen molar-refractivity contribution in [1.29, 1.82) is 0 Å². The molecule has 0 atom stereocenters. The van der Waals surface area contributed by atoms with Crippen molar-refractivity contribution in [3.63, 3.8) is 0 Å². The van der Waals surface area contributed by atoms with Crippen molar-refractivity contribution in [2.24, 2.45) is 0 Å². The van der Waals surface area contributed by atoms with Crippen LogP contribution >= 0.6 is 0 Å². The second kappa shape index (κ2) is 12.9. The Kier molecular flexibility index (Phi) is 7.20. The first-order chi connectivity index (χ1) is 28.8. The van der Waals surface area contributed by atoms with Gasteiger partial charge in [-0.05, 0) is 87.3 Å². The molecule has 0 spiro atoms. The first-order valence-electron chi connectivity index (χ1n) is 19.7. The topological polar surface area (TPSA) is 35.6 Å². The number of para-hydroxylation sites is 1. The summed E-state index contributed by atoms with van der Waals surface area (Å²) in [6.07, 6.45) is 0. The molecular weight excluding hydrogens is 705 g/mol. The summed E-state index contributed by atoms with van der Waals surface area (Å²) in [4.78, 5) is 10.6. The van der Waals surface area contributed by atoms with Crippen LogP contribution in [0.1, 0.15) is 0 Å². The minimum absolute atomic E-state index is 0.644. The van der Waals surface area contributed by atoms with E-state index in [1.54, 1.807) is 0 Å². The average molecular weight is 739 g/mol. The lowest BCUT2D eigenvalue weighted by atomic mass is 9.98. The maximum Gasteiger partial charge on any atom is 0.235 e. The van der Waals surface area contributed by atoms with Gasteiger partial charge in [0.1, 0.15) is 0 Å². The first kappa shape index (κ1) is 32.4. The van der Waals surface area contributed by atoms with Crippen molar-refractivity contribution in [3.8, 4) is 45.3 Å². The number of nitrogens with zero attached hydrogens (tertiary/aromatic N) is 4. The molecular formula is C54H34N4. The van der Waals surface area contributed by atoms with Crippen LogP contribution in [0.25, 0.3) is 110 Å². The zero-order valence-corrected chi connectivity index (χ0v) is 31.4. The number of benzene rings is 9. The molecule has 58 heavy (non-hydrogen) atoms. The summed E-state index contributed by atoms with van der Waals surface area (Å²) in [7, 11) is 0. The number of fused-ring (bicyclic) bond motifs is 10. The predicted octanol–water partition coefficient (Wildman–Crippen LogP) is 14.0. The molecule has 0 amide bonds. The van der Waals surface area contributed by atoms with E-state index < -0.39 is 0 Å². The van der Waals surface area contributed by atoms with Crippen LogP contribution in [0.15, 0.2) is 206 Å². The molecule has 0 saturated heterocycles. The van der Waals surface area contributed by atoms with Gasteiger partial charge in [-0.25, -0.2) is 9.97 Å². The van der Waals surface area contributed by atoms with Crippen LogP contribution in [-0.2, 0) is 0 Å². The van der Waals surface area contributed by atoms with Crippen molar-refractivity contribution in [3.05, 3.63) is 206 Å². The smallest absolute Gasteiger partial charge is 0.235 e. The summed E-state index contributed by atoms with van der Waals surface area (Å²) in [6, 6.07) is 73.8. The predicted molar refractivity (Wildman–Crippen MR) is 242 cm³/mol. The molecule has 0 radical (unpaired) electrons. The van der Waals surface area contributed by atoms with Gasteiger partial charge in [0.05, 0.1) is 33.5 Å². The van der Waals surface area contributed by atoms with Gasteiger partial charge >= 0.3 is 0 Å². The van der Waals surface area contributed by atoms with Crippen LogP contribution in [0, 0.1) is 0 Å². The Morgan fingerprint density at radius 1 is 0.293 bits per heavy atom. The third kappa shape index (κ3) is 5.02. The summed E-state index contributed by atoms with van der Waals surface area (Å²) in [5.41, 5.74) is 11.9. The van der Waals surface area contributed by atoms with Crippen LogP contribution < -0.4 is 0 Å². The highest BCUT2D eigenvalue weighted by atomic mass is 15.2. The normalized spacial score (nSPS) is 11.8. The monoisotopic (exact) mass is 738 g/mol. The third-order valence-corrected chi connectivity index (χ3v) is 11.7.